The van der Waals surface area contributed by atoms with Gasteiger partial charge in [-0.3, -0.25) is 9.52 Å². The van der Waals surface area contributed by atoms with E-state index in [1.54, 1.807) is 11.9 Å². The number of hydrogen-bond donors (Lipinski definition) is 2. The Hall–Kier alpha value is -2.15. The fourth-order valence-electron chi connectivity index (χ4n) is 7.80. The van der Waals surface area contributed by atoms with Crippen molar-refractivity contribution < 1.29 is 14.6 Å². The van der Waals surface area contributed by atoms with Crippen LogP contribution in [0.15, 0.2) is 48.6 Å². The van der Waals surface area contributed by atoms with Crippen molar-refractivity contribution in [2.45, 2.75) is 75.1 Å². The number of fused-ring (bicyclic) bond motifs is 4. The van der Waals surface area contributed by atoms with Crippen LogP contribution in [0.25, 0.3) is 0 Å². The highest BCUT2D eigenvalue weighted by molar-refractivity contribution is 7.98. The van der Waals surface area contributed by atoms with Gasteiger partial charge < -0.3 is 14.7 Å². The smallest absolute Gasteiger partial charge is 0.261 e. The SMILES string of the molecule is C[C@H]1C/C=C\[C@H](O)[C@@H]2CC[C@H]2CN2C[C@@]3(CCCc4cc(Cl)ccc43)COc3ccc(cc32)C(=O)NS[C@H]1C1CC1. The van der Waals surface area contributed by atoms with Crippen molar-refractivity contribution >= 4 is 35.1 Å². The van der Waals surface area contributed by atoms with E-state index in [-0.39, 0.29) is 17.2 Å². The van der Waals surface area contributed by atoms with Gasteiger partial charge in [-0.2, -0.15) is 0 Å². The molecule has 2 aliphatic heterocycles. The highest BCUT2D eigenvalue weighted by Gasteiger charge is 2.44. The van der Waals surface area contributed by atoms with E-state index in [9.17, 15) is 9.90 Å². The molecule has 7 rings (SSSR count). The maximum absolute atomic E-state index is 13.5. The molecule has 2 aromatic carbocycles. The molecule has 2 N–H and O–H groups in total. The predicted molar refractivity (Wildman–Crippen MR) is 167 cm³/mol. The van der Waals surface area contributed by atoms with Crippen molar-refractivity contribution in [3.05, 3.63) is 70.3 Å². The van der Waals surface area contributed by atoms with Gasteiger partial charge in [-0.05, 0) is 128 Å². The first-order chi connectivity index (χ1) is 19.9. The summed E-state index contributed by atoms with van der Waals surface area (Å²) < 4.78 is 9.83. The molecule has 2 saturated carbocycles. The summed E-state index contributed by atoms with van der Waals surface area (Å²) >= 11 is 8.01. The molecule has 7 heteroatoms. The second-order valence-electron chi connectivity index (χ2n) is 13.3. The molecular weight excluding hydrogens is 552 g/mol. The molecule has 218 valence electrons. The Balaban J connectivity index is 1.26. The molecule has 1 amide bonds. The normalized spacial score (nSPS) is 34.4. The van der Waals surface area contributed by atoms with Gasteiger partial charge in [0.25, 0.3) is 5.91 Å². The first kappa shape index (κ1) is 27.7. The Morgan fingerprint density at radius 1 is 1.12 bits per heavy atom. The Labute approximate surface area is 253 Å². The number of nitrogens with zero attached hydrogens (tertiary/aromatic N) is 1. The van der Waals surface area contributed by atoms with Gasteiger partial charge in [0, 0.05) is 34.3 Å². The first-order valence-corrected chi connectivity index (χ1v) is 16.8. The van der Waals surface area contributed by atoms with Crippen LogP contribution in [0.2, 0.25) is 5.02 Å². The second-order valence-corrected chi connectivity index (χ2v) is 14.7. The number of amides is 1. The van der Waals surface area contributed by atoms with Crippen LogP contribution in [0, 0.1) is 23.7 Å². The molecule has 5 nitrogen and oxygen atoms in total. The number of rotatable bonds is 1. The molecule has 2 bridgehead atoms. The lowest BCUT2D eigenvalue weighted by Crippen LogP contribution is -2.49. The number of anilines is 1. The fraction of sp³-hybridized carbons (Fsp3) is 0.559. The lowest BCUT2D eigenvalue weighted by Gasteiger charge is -2.45. The molecular formula is C34H41ClN2O3S. The second kappa shape index (κ2) is 11.2. The van der Waals surface area contributed by atoms with Gasteiger partial charge in [0.15, 0.2) is 0 Å². The van der Waals surface area contributed by atoms with E-state index < -0.39 is 6.10 Å². The van der Waals surface area contributed by atoms with Crippen molar-refractivity contribution in [1.29, 1.82) is 0 Å². The topological polar surface area (TPSA) is 61.8 Å². The zero-order valence-corrected chi connectivity index (χ0v) is 25.4. The quantitative estimate of drug-likeness (QED) is 0.277. The zero-order chi connectivity index (χ0) is 28.1. The Morgan fingerprint density at radius 2 is 1.98 bits per heavy atom. The summed E-state index contributed by atoms with van der Waals surface area (Å²) in [6.07, 6.45) is 12.6. The number of halogens is 1. The monoisotopic (exact) mass is 592 g/mol. The van der Waals surface area contributed by atoms with Crippen molar-refractivity contribution in [3.63, 3.8) is 0 Å². The summed E-state index contributed by atoms with van der Waals surface area (Å²) in [5.41, 5.74) is 4.19. The molecule has 41 heavy (non-hydrogen) atoms. The molecule has 0 unspecified atom stereocenters. The molecule has 0 radical (unpaired) electrons. The third kappa shape index (κ3) is 5.41. The summed E-state index contributed by atoms with van der Waals surface area (Å²) in [5, 5.41) is 12.4. The molecule has 6 atom stereocenters. The highest BCUT2D eigenvalue weighted by Crippen LogP contribution is 2.47. The summed E-state index contributed by atoms with van der Waals surface area (Å²) in [5.74, 6) is 2.55. The number of carbonyl (C=O) groups excluding carboxylic acids is 1. The summed E-state index contributed by atoms with van der Waals surface area (Å²) in [6.45, 7) is 4.55. The van der Waals surface area contributed by atoms with Gasteiger partial charge in [-0.15, -0.1) is 0 Å². The molecule has 2 aromatic rings. The number of carbonyl (C=O) groups is 1. The van der Waals surface area contributed by atoms with E-state index >= 15 is 0 Å². The van der Waals surface area contributed by atoms with Crippen LogP contribution in [0.1, 0.15) is 73.4 Å². The standard InChI is InChI=1S/C34H41ClN2O3S/c1-21-4-2-6-30(38)27-12-9-25(27)18-37-19-34(15-3-5-23-16-26(35)11-13-28(23)34)20-40-31-14-10-24(17-29(31)37)33(39)36-41-32(21)22-7-8-22/h2,6,10-11,13-14,16-17,21-22,25,27,30,32,38H,3-5,7-9,12,15,18-20H2,1H3,(H,36,39)/b6-2-/t21-,25-,27+,30-,32+,34-/m0/s1. The van der Waals surface area contributed by atoms with Crippen LogP contribution in [0.3, 0.4) is 0 Å². The predicted octanol–water partition coefficient (Wildman–Crippen LogP) is 6.95. The zero-order valence-electron chi connectivity index (χ0n) is 23.9. The third-order valence-corrected chi connectivity index (χ3v) is 12.1. The Kier molecular flexibility index (Phi) is 7.53. The van der Waals surface area contributed by atoms with Gasteiger partial charge in [0.05, 0.1) is 18.4 Å². The summed E-state index contributed by atoms with van der Waals surface area (Å²) in [4.78, 5) is 16.0. The number of aliphatic hydroxyl groups excluding tert-OH is 1. The van der Waals surface area contributed by atoms with Crippen LogP contribution < -0.4 is 14.4 Å². The van der Waals surface area contributed by atoms with Gasteiger partial charge in [0.1, 0.15) is 5.75 Å². The van der Waals surface area contributed by atoms with Gasteiger partial charge in [-0.1, -0.05) is 36.7 Å². The van der Waals surface area contributed by atoms with Crippen LogP contribution in [-0.2, 0) is 11.8 Å². The minimum absolute atomic E-state index is 0.0354. The van der Waals surface area contributed by atoms with E-state index in [2.05, 4.69) is 34.8 Å². The number of hydrogen-bond acceptors (Lipinski definition) is 5. The molecule has 0 saturated heterocycles. The maximum atomic E-state index is 13.5. The molecule has 0 aromatic heterocycles. The Morgan fingerprint density at radius 3 is 2.78 bits per heavy atom. The lowest BCUT2D eigenvalue weighted by molar-refractivity contribution is 0.0455. The van der Waals surface area contributed by atoms with Crippen molar-refractivity contribution in [2.75, 3.05) is 24.6 Å². The molecule has 3 aliphatic carbocycles. The lowest BCUT2D eigenvalue weighted by atomic mass is 9.68. The summed E-state index contributed by atoms with van der Waals surface area (Å²) in [6, 6.07) is 12.3. The number of allylic oxidation sites excluding steroid dienone is 1. The first-order valence-electron chi connectivity index (χ1n) is 15.5. The average molecular weight is 593 g/mol. The van der Waals surface area contributed by atoms with Crippen LogP contribution in [0.4, 0.5) is 5.69 Å². The Bertz CT molecular complexity index is 1350. The minimum atomic E-state index is -0.416. The number of nitrogens with one attached hydrogen (secondary N) is 1. The van der Waals surface area contributed by atoms with Gasteiger partial charge in [-0.25, -0.2) is 0 Å². The average Bonchev–Trinajstić information content (AvgIpc) is 3.79. The van der Waals surface area contributed by atoms with Crippen molar-refractivity contribution in [2.24, 2.45) is 23.7 Å². The number of aryl methyl sites for hydroxylation is 1. The van der Waals surface area contributed by atoms with Gasteiger partial charge in [0.2, 0.25) is 0 Å². The number of aliphatic hydroxyl groups is 1. The van der Waals surface area contributed by atoms with Crippen molar-refractivity contribution in [3.8, 4) is 5.75 Å². The minimum Gasteiger partial charge on any atom is -0.490 e. The van der Waals surface area contributed by atoms with Crippen LogP contribution in [-0.4, -0.2) is 42.1 Å². The number of benzene rings is 2. The largest absolute Gasteiger partial charge is 0.490 e. The fourth-order valence-corrected chi connectivity index (χ4v) is 9.16. The number of ether oxygens (including phenoxy) is 1. The van der Waals surface area contributed by atoms with E-state index in [1.807, 2.05) is 30.3 Å². The van der Waals surface area contributed by atoms with Crippen LogP contribution in [0.5, 0.6) is 5.75 Å². The van der Waals surface area contributed by atoms with E-state index in [1.165, 1.54) is 24.0 Å². The van der Waals surface area contributed by atoms with Crippen LogP contribution >= 0.6 is 23.5 Å². The molecule has 2 fully saturated rings. The van der Waals surface area contributed by atoms with Crippen molar-refractivity contribution in [1.82, 2.24) is 4.72 Å². The summed E-state index contributed by atoms with van der Waals surface area (Å²) in [7, 11) is 0. The van der Waals surface area contributed by atoms with E-state index in [0.717, 1.165) is 68.1 Å². The molecule has 1 spiro atoms. The third-order valence-electron chi connectivity index (χ3n) is 10.4. The molecule has 2 heterocycles. The van der Waals surface area contributed by atoms with Gasteiger partial charge >= 0.3 is 0 Å². The maximum Gasteiger partial charge on any atom is 0.261 e. The highest BCUT2D eigenvalue weighted by atomic mass is 35.5. The van der Waals surface area contributed by atoms with E-state index in [4.69, 9.17) is 16.3 Å². The van der Waals surface area contributed by atoms with E-state index in [0.29, 0.717) is 35.2 Å². The molecule has 5 aliphatic rings.